The van der Waals surface area contributed by atoms with Gasteiger partial charge in [-0.15, -0.1) is 0 Å². The molecule has 0 fully saturated rings. The highest BCUT2D eigenvalue weighted by molar-refractivity contribution is 6.30. The lowest BCUT2D eigenvalue weighted by molar-refractivity contribution is -0.118. The molecule has 0 unspecified atom stereocenters. The van der Waals surface area contributed by atoms with Gasteiger partial charge in [0.1, 0.15) is 11.5 Å². The van der Waals surface area contributed by atoms with E-state index in [1.54, 1.807) is 48.5 Å². The molecule has 4 aromatic rings. The fourth-order valence-corrected chi connectivity index (χ4v) is 3.11. The number of furan rings is 1. The Labute approximate surface area is 194 Å². The summed E-state index contributed by atoms with van der Waals surface area (Å²) in [6.07, 6.45) is 2.92. The molecule has 2 N–H and O–H groups in total. The number of benzene rings is 2. The Balaban J connectivity index is 1.47. The van der Waals surface area contributed by atoms with E-state index in [-0.39, 0.29) is 18.1 Å². The molecule has 2 amide bonds. The first-order chi connectivity index (χ1) is 16.0. The number of carbonyl (C=O) groups excluding carboxylic acids is 2. The van der Waals surface area contributed by atoms with E-state index in [1.807, 2.05) is 19.1 Å². The average Bonchev–Trinajstić information content (AvgIpc) is 3.50. The van der Waals surface area contributed by atoms with Gasteiger partial charge < -0.3 is 19.6 Å². The largest absolute Gasteiger partial charge is 0.465 e. The van der Waals surface area contributed by atoms with E-state index in [2.05, 4.69) is 20.8 Å². The molecule has 0 spiro atoms. The predicted octanol–water partition coefficient (Wildman–Crippen LogP) is 4.38. The number of aromatic nitrogens is 2. The molecule has 2 aromatic carbocycles. The highest BCUT2D eigenvalue weighted by Gasteiger charge is 2.17. The Kier molecular flexibility index (Phi) is 6.66. The van der Waals surface area contributed by atoms with E-state index < -0.39 is 11.8 Å². The lowest BCUT2D eigenvalue weighted by Crippen LogP contribution is -2.34. The number of carbonyl (C=O) groups is 2. The number of hydrogen-bond donors (Lipinski definition) is 2. The third kappa shape index (κ3) is 5.55. The van der Waals surface area contributed by atoms with Crippen molar-refractivity contribution in [1.29, 1.82) is 0 Å². The second-order valence-electron chi connectivity index (χ2n) is 7.04. The van der Waals surface area contributed by atoms with Crippen LogP contribution in [-0.4, -0.2) is 22.0 Å². The van der Waals surface area contributed by atoms with Gasteiger partial charge in [-0.25, -0.2) is 0 Å². The van der Waals surface area contributed by atoms with E-state index in [0.717, 1.165) is 11.1 Å². The van der Waals surface area contributed by atoms with Gasteiger partial charge in [0.2, 0.25) is 11.7 Å². The van der Waals surface area contributed by atoms with Gasteiger partial charge in [-0.3, -0.25) is 9.59 Å². The van der Waals surface area contributed by atoms with Crippen molar-refractivity contribution in [2.75, 3.05) is 0 Å². The average molecular weight is 463 g/mol. The monoisotopic (exact) mass is 462 g/mol. The van der Waals surface area contributed by atoms with Crippen LogP contribution in [0, 0.1) is 6.92 Å². The molecule has 2 aromatic heterocycles. The van der Waals surface area contributed by atoms with Crippen LogP contribution in [0.3, 0.4) is 0 Å². The van der Waals surface area contributed by atoms with Gasteiger partial charge in [0.15, 0.2) is 0 Å². The van der Waals surface area contributed by atoms with Gasteiger partial charge in [0.25, 0.3) is 11.8 Å². The van der Waals surface area contributed by atoms with Crippen molar-refractivity contribution in [3.8, 4) is 11.4 Å². The van der Waals surface area contributed by atoms with Crippen molar-refractivity contribution in [3.05, 3.63) is 100 Å². The Hall–Kier alpha value is -4.17. The van der Waals surface area contributed by atoms with Crippen LogP contribution in [0.5, 0.6) is 0 Å². The van der Waals surface area contributed by atoms with Crippen LogP contribution < -0.4 is 10.6 Å². The van der Waals surface area contributed by atoms with Crippen molar-refractivity contribution >= 4 is 29.5 Å². The van der Waals surface area contributed by atoms with Gasteiger partial charge in [0.05, 0.1) is 12.8 Å². The maximum atomic E-state index is 12.9. The Morgan fingerprint density at radius 3 is 2.58 bits per heavy atom. The summed E-state index contributed by atoms with van der Waals surface area (Å²) in [5, 5.41) is 9.84. The highest BCUT2D eigenvalue weighted by atomic mass is 35.5. The molecule has 2 heterocycles. The summed E-state index contributed by atoms with van der Waals surface area (Å²) >= 11 is 5.90. The van der Waals surface area contributed by atoms with Crippen molar-refractivity contribution in [2.45, 2.75) is 13.5 Å². The molecule has 9 heteroatoms. The SMILES string of the molecule is Cc1ccccc1C(=O)N/C(=C\c1ccco1)C(=O)NCc1nc(-c2ccc(Cl)cc2)no1. The number of amides is 2. The first kappa shape index (κ1) is 22.0. The molecular formula is C24H19ClN4O4. The van der Waals surface area contributed by atoms with Crippen molar-refractivity contribution in [1.82, 2.24) is 20.8 Å². The minimum Gasteiger partial charge on any atom is -0.465 e. The first-order valence-corrected chi connectivity index (χ1v) is 10.4. The second-order valence-corrected chi connectivity index (χ2v) is 7.48. The van der Waals surface area contributed by atoms with Crippen molar-refractivity contribution in [3.63, 3.8) is 0 Å². The van der Waals surface area contributed by atoms with Crippen LogP contribution in [-0.2, 0) is 11.3 Å². The zero-order valence-electron chi connectivity index (χ0n) is 17.5. The maximum absolute atomic E-state index is 12.9. The molecule has 8 nitrogen and oxygen atoms in total. The topological polar surface area (TPSA) is 110 Å². The number of rotatable bonds is 7. The Bertz CT molecular complexity index is 1290. The third-order valence-corrected chi connectivity index (χ3v) is 4.93. The quantitative estimate of drug-likeness (QED) is 0.394. The molecule has 0 atom stereocenters. The minimum atomic E-state index is -0.542. The summed E-state index contributed by atoms with van der Waals surface area (Å²) in [7, 11) is 0. The summed E-state index contributed by atoms with van der Waals surface area (Å²) in [4.78, 5) is 29.9. The second kappa shape index (κ2) is 9.97. The molecule has 0 aliphatic carbocycles. The molecule has 0 aliphatic heterocycles. The van der Waals surface area contributed by atoms with E-state index in [0.29, 0.717) is 22.2 Å². The molecule has 166 valence electrons. The zero-order valence-corrected chi connectivity index (χ0v) is 18.3. The van der Waals surface area contributed by atoms with Crippen LogP contribution in [0.15, 0.2) is 81.6 Å². The predicted molar refractivity (Wildman–Crippen MR) is 122 cm³/mol. The van der Waals surface area contributed by atoms with Gasteiger partial charge in [0, 0.05) is 22.2 Å². The normalized spacial score (nSPS) is 11.3. The molecule has 0 radical (unpaired) electrons. The van der Waals surface area contributed by atoms with Crippen LogP contribution in [0.25, 0.3) is 17.5 Å². The van der Waals surface area contributed by atoms with Gasteiger partial charge in [-0.2, -0.15) is 4.98 Å². The molecule has 0 saturated heterocycles. The lowest BCUT2D eigenvalue weighted by Gasteiger charge is -2.11. The molecule has 0 aliphatic rings. The molecule has 0 saturated carbocycles. The van der Waals surface area contributed by atoms with Gasteiger partial charge in [-0.1, -0.05) is 35.0 Å². The highest BCUT2D eigenvalue weighted by Crippen LogP contribution is 2.18. The van der Waals surface area contributed by atoms with Crippen molar-refractivity contribution < 1.29 is 18.5 Å². The lowest BCUT2D eigenvalue weighted by atomic mass is 10.1. The summed E-state index contributed by atoms with van der Waals surface area (Å²) in [6, 6.07) is 17.4. The van der Waals surface area contributed by atoms with E-state index in [1.165, 1.54) is 12.3 Å². The Morgan fingerprint density at radius 2 is 1.85 bits per heavy atom. The van der Waals surface area contributed by atoms with Crippen LogP contribution in [0.4, 0.5) is 0 Å². The molecule has 33 heavy (non-hydrogen) atoms. The van der Waals surface area contributed by atoms with E-state index in [4.69, 9.17) is 20.5 Å². The number of aryl methyl sites for hydroxylation is 1. The van der Waals surface area contributed by atoms with E-state index >= 15 is 0 Å². The number of halogens is 1. The minimum absolute atomic E-state index is 0.00985. The van der Waals surface area contributed by atoms with Crippen LogP contribution in [0.1, 0.15) is 27.6 Å². The smallest absolute Gasteiger partial charge is 0.268 e. The fourth-order valence-electron chi connectivity index (χ4n) is 2.99. The van der Waals surface area contributed by atoms with Crippen molar-refractivity contribution in [2.24, 2.45) is 0 Å². The molecule has 0 bridgehead atoms. The number of hydrogen-bond acceptors (Lipinski definition) is 6. The summed E-state index contributed by atoms with van der Waals surface area (Å²) in [6.45, 7) is 1.79. The van der Waals surface area contributed by atoms with Gasteiger partial charge in [-0.05, 0) is 55.0 Å². The summed E-state index contributed by atoms with van der Waals surface area (Å²) < 4.78 is 10.5. The Morgan fingerprint density at radius 1 is 1.06 bits per heavy atom. The van der Waals surface area contributed by atoms with Crippen LogP contribution >= 0.6 is 11.6 Å². The summed E-state index contributed by atoms with van der Waals surface area (Å²) in [5.41, 5.74) is 1.98. The molecule has 4 rings (SSSR count). The molecular weight excluding hydrogens is 444 g/mol. The number of nitrogens with zero attached hydrogens (tertiary/aromatic N) is 2. The van der Waals surface area contributed by atoms with Gasteiger partial charge >= 0.3 is 0 Å². The third-order valence-electron chi connectivity index (χ3n) is 4.68. The number of nitrogens with one attached hydrogen (secondary N) is 2. The maximum Gasteiger partial charge on any atom is 0.268 e. The summed E-state index contributed by atoms with van der Waals surface area (Å²) in [5.74, 6) is 0.0301. The first-order valence-electron chi connectivity index (χ1n) is 9.98. The standard InChI is InChI=1S/C24H19ClN4O4/c1-15-5-2-3-7-19(15)23(30)27-20(13-18-6-4-12-32-18)24(31)26-14-21-28-22(29-33-21)16-8-10-17(25)11-9-16/h2-13H,14H2,1H3,(H,26,31)(H,27,30)/b20-13-. The zero-order chi connectivity index (χ0) is 23.2. The van der Waals surface area contributed by atoms with Crippen LogP contribution in [0.2, 0.25) is 5.02 Å². The van der Waals surface area contributed by atoms with E-state index in [9.17, 15) is 9.59 Å². The fraction of sp³-hybridized carbons (Fsp3) is 0.0833.